The molecule has 4 heteroatoms. The van der Waals surface area contributed by atoms with E-state index in [1.54, 1.807) is 12.1 Å². The van der Waals surface area contributed by atoms with Crippen LogP contribution in [0, 0.1) is 11.6 Å². The number of hydrogen-bond acceptors (Lipinski definition) is 1. The lowest BCUT2D eigenvalue weighted by Crippen LogP contribution is -2.18. The maximum absolute atomic E-state index is 13.6. The highest BCUT2D eigenvalue weighted by molar-refractivity contribution is 6.30. The molecular weight excluding hydrogens is 268 g/mol. The minimum atomic E-state index is -0.351. The molecule has 2 aromatic rings. The summed E-state index contributed by atoms with van der Waals surface area (Å²) in [4.78, 5) is 0. The lowest BCUT2D eigenvalue weighted by atomic mass is 10.1. The zero-order valence-corrected chi connectivity index (χ0v) is 11.2. The van der Waals surface area contributed by atoms with E-state index >= 15 is 0 Å². The summed E-state index contributed by atoms with van der Waals surface area (Å²) in [7, 11) is 0. The average molecular weight is 282 g/mol. The van der Waals surface area contributed by atoms with E-state index in [4.69, 9.17) is 11.6 Å². The first-order chi connectivity index (χ1) is 9.04. The van der Waals surface area contributed by atoms with E-state index in [2.05, 4.69) is 5.32 Å². The fraction of sp³-hybridized carbons (Fsp3) is 0.200. The van der Waals surface area contributed by atoms with Crippen LogP contribution in [0.3, 0.4) is 0 Å². The molecule has 0 heterocycles. The molecule has 1 unspecified atom stereocenters. The van der Waals surface area contributed by atoms with Gasteiger partial charge in [0.25, 0.3) is 0 Å². The maximum Gasteiger partial charge on any atom is 0.146 e. The molecule has 0 aliphatic carbocycles. The van der Waals surface area contributed by atoms with Gasteiger partial charge in [0.1, 0.15) is 11.6 Å². The Morgan fingerprint density at radius 2 is 1.95 bits per heavy atom. The number of benzene rings is 2. The molecule has 0 fully saturated rings. The fourth-order valence-electron chi connectivity index (χ4n) is 1.94. The van der Waals surface area contributed by atoms with Crippen LogP contribution in [0.15, 0.2) is 42.5 Å². The largest absolute Gasteiger partial charge is 0.380 e. The molecule has 0 spiro atoms. The van der Waals surface area contributed by atoms with Crippen LogP contribution in [-0.4, -0.2) is 6.04 Å². The minimum absolute atomic E-state index is 0.0326. The molecular formula is C15H14ClF2N. The van der Waals surface area contributed by atoms with Crippen molar-refractivity contribution in [2.75, 3.05) is 5.32 Å². The van der Waals surface area contributed by atoms with Gasteiger partial charge in [-0.05, 0) is 49.2 Å². The van der Waals surface area contributed by atoms with E-state index in [-0.39, 0.29) is 17.7 Å². The molecule has 0 aromatic heterocycles. The van der Waals surface area contributed by atoms with E-state index in [1.165, 1.54) is 24.3 Å². The van der Waals surface area contributed by atoms with Crippen LogP contribution in [-0.2, 0) is 6.42 Å². The molecule has 1 nitrogen and oxygen atoms in total. The second-order valence-electron chi connectivity index (χ2n) is 4.50. The van der Waals surface area contributed by atoms with Crippen molar-refractivity contribution in [1.82, 2.24) is 0 Å². The first-order valence-corrected chi connectivity index (χ1v) is 6.38. The topological polar surface area (TPSA) is 12.0 Å². The first-order valence-electron chi connectivity index (χ1n) is 6.00. The van der Waals surface area contributed by atoms with Gasteiger partial charge >= 0.3 is 0 Å². The highest BCUT2D eigenvalue weighted by atomic mass is 35.5. The van der Waals surface area contributed by atoms with Crippen LogP contribution in [0.4, 0.5) is 14.5 Å². The van der Waals surface area contributed by atoms with Crippen LogP contribution in [0.2, 0.25) is 5.02 Å². The molecule has 0 saturated heterocycles. The van der Waals surface area contributed by atoms with Gasteiger partial charge in [0.05, 0.1) is 5.69 Å². The maximum atomic E-state index is 13.6. The van der Waals surface area contributed by atoms with Crippen LogP contribution in [0.25, 0.3) is 0 Å². The Bertz CT molecular complexity index is 572. The predicted molar refractivity (Wildman–Crippen MR) is 74.6 cm³/mol. The fourth-order valence-corrected chi connectivity index (χ4v) is 2.11. The second kappa shape index (κ2) is 6.02. The van der Waals surface area contributed by atoms with E-state index < -0.39 is 0 Å². The van der Waals surface area contributed by atoms with Crippen LogP contribution in [0.1, 0.15) is 12.5 Å². The van der Waals surface area contributed by atoms with Crippen molar-refractivity contribution in [3.63, 3.8) is 0 Å². The van der Waals surface area contributed by atoms with Crippen molar-refractivity contribution in [3.8, 4) is 0 Å². The van der Waals surface area contributed by atoms with Crippen molar-refractivity contribution in [2.24, 2.45) is 0 Å². The Morgan fingerprint density at radius 3 is 2.68 bits per heavy atom. The summed E-state index contributed by atoms with van der Waals surface area (Å²) in [6.45, 7) is 1.91. The molecule has 0 aliphatic rings. The summed E-state index contributed by atoms with van der Waals surface area (Å²) in [5, 5.41) is 3.51. The Kier molecular flexibility index (Phi) is 4.38. The van der Waals surface area contributed by atoms with Gasteiger partial charge in [-0.1, -0.05) is 23.7 Å². The molecule has 100 valence electrons. The highest BCUT2D eigenvalue weighted by Gasteiger charge is 2.08. The summed E-state index contributed by atoms with van der Waals surface area (Å²) in [5.41, 5.74) is 1.22. The first kappa shape index (κ1) is 13.8. The number of rotatable bonds is 4. The lowest BCUT2D eigenvalue weighted by molar-refractivity contribution is 0.620. The van der Waals surface area contributed by atoms with Crippen molar-refractivity contribution in [1.29, 1.82) is 0 Å². The van der Waals surface area contributed by atoms with E-state index in [9.17, 15) is 8.78 Å². The van der Waals surface area contributed by atoms with E-state index in [1.807, 2.05) is 13.0 Å². The van der Waals surface area contributed by atoms with Gasteiger partial charge < -0.3 is 5.32 Å². The third kappa shape index (κ3) is 3.93. The predicted octanol–water partition coefficient (Wildman–Crippen LogP) is 4.66. The zero-order chi connectivity index (χ0) is 13.8. The number of halogens is 3. The molecule has 0 bridgehead atoms. The Labute approximate surface area is 116 Å². The summed E-state index contributed by atoms with van der Waals surface area (Å²) in [6, 6.07) is 10.7. The quantitative estimate of drug-likeness (QED) is 0.859. The number of anilines is 1. The second-order valence-corrected chi connectivity index (χ2v) is 4.94. The third-order valence-electron chi connectivity index (χ3n) is 2.76. The van der Waals surface area contributed by atoms with E-state index in [0.29, 0.717) is 17.1 Å². The zero-order valence-electron chi connectivity index (χ0n) is 10.5. The molecule has 0 saturated carbocycles. The van der Waals surface area contributed by atoms with E-state index in [0.717, 1.165) is 5.56 Å². The Morgan fingerprint density at radius 1 is 1.16 bits per heavy atom. The summed E-state index contributed by atoms with van der Waals surface area (Å²) in [6.07, 6.45) is 0.601. The lowest BCUT2D eigenvalue weighted by Gasteiger charge is -2.16. The number of hydrogen-bond donors (Lipinski definition) is 1. The molecule has 0 aliphatic heterocycles. The monoisotopic (exact) mass is 281 g/mol. The summed E-state index contributed by atoms with van der Waals surface area (Å²) in [5.74, 6) is -0.617. The normalized spacial score (nSPS) is 12.2. The van der Waals surface area contributed by atoms with Crippen molar-refractivity contribution >= 4 is 17.3 Å². The number of nitrogens with one attached hydrogen (secondary N) is 1. The molecule has 19 heavy (non-hydrogen) atoms. The van der Waals surface area contributed by atoms with Gasteiger partial charge in [0.15, 0.2) is 0 Å². The smallest absolute Gasteiger partial charge is 0.146 e. The van der Waals surface area contributed by atoms with Crippen molar-refractivity contribution in [3.05, 3.63) is 64.7 Å². The molecule has 0 radical (unpaired) electrons. The standard InChI is InChI=1S/C15H14ClF2N/c1-10(7-11-3-2-4-13(17)8-11)19-15-9-12(16)5-6-14(15)18/h2-6,8-10,19H,7H2,1H3. The molecule has 1 N–H and O–H groups in total. The average Bonchev–Trinajstić information content (AvgIpc) is 2.34. The van der Waals surface area contributed by atoms with Crippen LogP contribution in [0.5, 0.6) is 0 Å². The van der Waals surface area contributed by atoms with Gasteiger partial charge in [0, 0.05) is 11.1 Å². The highest BCUT2D eigenvalue weighted by Crippen LogP contribution is 2.21. The van der Waals surface area contributed by atoms with Crippen LogP contribution >= 0.6 is 11.6 Å². The van der Waals surface area contributed by atoms with Crippen molar-refractivity contribution in [2.45, 2.75) is 19.4 Å². The van der Waals surface area contributed by atoms with Gasteiger partial charge in [-0.2, -0.15) is 0 Å². The summed E-state index contributed by atoms with van der Waals surface area (Å²) < 4.78 is 26.6. The molecule has 2 rings (SSSR count). The van der Waals surface area contributed by atoms with Gasteiger partial charge in [-0.3, -0.25) is 0 Å². The Balaban J connectivity index is 2.05. The SMILES string of the molecule is CC(Cc1cccc(F)c1)Nc1cc(Cl)ccc1F. The van der Waals surface area contributed by atoms with Gasteiger partial charge in [-0.15, -0.1) is 0 Å². The van der Waals surface area contributed by atoms with Gasteiger partial charge in [-0.25, -0.2) is 8.78 Å². The summed E-state index contributed by atoms with van der Waals surface area (Å²) >= 11 is 5.82. The minimum Gasteiger partial charge on any atom is -0.380 e. The third-order valence-corrected chi connectivity index (χ3v) is 3.00. The van der Waals surface area contributed by atoms with Crippen molar-refractivity contribution < 1.29 is 8.78 Å². The van der Waals surface area contributed by atoms with Crippen LogP contribution < -0.4 is 5.32 Å². The molecule has 0 amide bonds. The molecule has 1 atom stereocenters. The molecule has 2 aromatic carbocycles. The Hall–Kier alpha value is -1.61. The van der Waals surface area contributed by atoms with Gasteiger partial charge in [0.2, 0.25) is 0 Å².